The summed E-state index contributed by atoms with van der Waals surface area (Å²) in [5, 5.41) is 13.3. The lowest BCUT2D eigenvalue weighted by Crippen LogP contribution is -2.48. The van der Waals surface area contributed by atoms with Crippen LogP contribution in [0.3, 0.4) is 0 Å². The SMILES string of the molecule is CCCNC(CC)(CO)CCCN1CCCOC(C)C1. The van der Waals surface area contributed by atoms with Crippen LogP contribution in [0.2, 0.25) is 0 Å². The standard InChI is InChI=1S/C16H34N2O2/c1-4-9-17-16(5-2,14-19)8-6-10-18-11-7-12-20-15(3)13-18/h15,17,19H,4-14H2,1-3H3. The van der Waals surface area contributed by atoms with Gasteiger partial charge in [0.2, 0.25) is 0 Å². The molecule has 0 bridgehead atoms. The van der Waals surface area contributed by atoms with Gasteiger partial charge in [-0.15, -0.1) is 0 Å². The van der Waals surface area contributed by atoms with Crippen LogP contribution in [0.5, 0.6) is 0 Å². The number of hydrogen-bond donors (Lipinski definition) is 2. The van der Waals surface area contributed by atoms with Gasteiger partial charge in [0.15, 0.2) is 0 Å². The molecule has 2 atom stereocenters. The molecule has 1 aliphatic heterocycles. The number of rotatable bonds is 9. The molecule has 0 saturated carbocycles. The van der Waals surface area contributed by atoms with Crippen molar-refractivity contribution in [3.63, 3.8) is 0 Å². The van der Waals surface area contributed by atoms with Gasteiger partial charge in [0.25, 0.3) is 0 Å². The van der Waals surface area contributed by atoms with E-state index in [1.807, 2.05) is 0 Å². The summed E-state index contributed by atoms with van der Waals surface area (Å²) in [6.45, 7) is 11.9. The largest absolute Gasteiger partial charge is 0.394 e. The molecular formula is C16H34N2O2. The highest BCUT2D eigenvalue weighted by molar-refractivity contribution is 4.86. The van der Waals surface area contributed by atoms with Crippen molar-refractivity contribution in [1.29, 1.82) is 0 Å². The second kappa shape index (κ2) is 9.72. The molecule has 1 fully saturated rings. The fraction of sp³-hybridized carbons (Fsp3) is 1.00. The quantitative estimate of drug-likeness (QED) is 0.681. The highest BCUT2D eigenvalue weighted by Gasteiger charge is 2.26. The summed E-state index contributed by atoms with van der Waals surface area (Å²) >= 11 is 0. The van der Waals surface area contributed by atoms with E-state index in [0.29, 0.717) is 6.10 Å². The first-order valence-electron chi connectivity index (χ1n) is 8.35. The summed E-state index contributed by atoms with van der Waals surface area (Å²) < 4.78 is 5.68. The zero-order chi connectivity index (χ0) is 14.8. The average Bonchev–Trinajstić information content (AvgIpc) is 2.67. The van der Waals surface area contributed by atoms with Crippen LogP contribution in [-0.2, 0) is 4.74 Å². The van der Waals surface area contributed by atoms with Crippen molar-refractivity contribution in [1.82, 2.24) is 10.2 Å². The first-order valence-corrected chi connectivity index (χ1v) is 8.35. The summed E-state index contributed by atoms with van der Waals surface area (Å²) in [4.78, 5) is 2.51. The Kier molecular flexibility index (Phi) is 8.69. The minimum Gasteiger partial charge on any atom is -0.394 e. The Balaban J connectivity index is 2.35. The van der Waals surface area contributed by atoms with Crippen LogP contribution in [0.1, 0.15) is 52.9 Å². The van der Waals surface area contributed by atoms with E-state index in [0.717, 1.165) is 64.9 Å². The van der Waals surface area contributed by atoms with Gasteiger partial charge in [0, 0.05) is 25.2 Å². The first-order chi connectivity index (χ1) is 9.65. The first kappa shape index (κ1) is 17.9. The number of aliphatic hydroxyl groups excluding tert-OH is 1. The molecular weight excluding hydrogens is 252 g/mol. The summed E-state index contributed by atoms with van der Waals surface area (Å²) in [7, 11) is 0. The molecule has 2 unspecified atom stereocenters. The number of nitrogens with zero attached hydrogens (tertiary/aromatic N) is 1. The van der Waals surface area contributed by atoms with Gasteiger partial charge in [-0.3, -0.25) is 0 Å². The predicted octanol–water partition coefficient (Wildman–Crippen LogP) is 2.02. The topological polar surface area (TPSA) is 44.7 Å². The lowest BCUT2D eigenvalue weighted by molar-refractivity contribution is 0.0666. The summed E-state index contributed by atoms with van der Waals surface area (Å²) in [6, 6.07) is 0. The predicted molar refractivity (Wildman–Crippen MR) is 84.1 cm³/mol. The number of ether oxygens (including phenoxy) is 1. The van der Waals surface area contributed by atoms with Gasteiger partial charge in [0.05, 0.1) is 12.7 Å². The molecule has 0 aromatic heterocycles. The van der Waals surface area contributed by atoms with E-state index in [1.165, 1.54) is 0 Å². The molecule has 4 heteroatoms. The molecule has 4 nitrogen and oxygen atoms in total. The summed E-state index contributed by atoms with van der Waals surface area (Å²) in [5.74, 6) is 0. The number of aliphatic hydroxyl groups is 1. The Morgan fingerprint density at radius 1 is 1.40 bits per heavy atom. The van der Waals surface area contributed by atoms with E-state index in [1.54, 1.807) is 0 Å². The minimum absolute atomic E-state index is 0.0794. The summed E-state index contributed by atoms with van der Waals surface area (Å²) in [6.07, 6.45) is 5.77. The van der Waals surface area contributed by atoms with Gasteiger partial charge in [0.1, 0.15) is 0 Å². The molecule has 1 rings (SSSR count). The third-order valence-corrected chi connectivity index (χ3v) is 4.40. The Morgan fingerprint density at radius 2 is 2.20 bits per heavy atom. The molecule has 0 aromatic carbocycles. The van der Waals surface area contributed by atoms with Crippen molar-refractivity contribution in [2.45, 2.75) is 64.5 Å². The van der Waals surface area contributed by atoms with Crippen molar-refractivity contribution >= 4 is 0 Å². The second-order valence-electron chi connectivity index (χ2n) is 6.16. The van der Waals surface area contributed by atoms with E-state index >= 15 is 0 Å². The fourth-order valence-electron chi connectivity index (χ4n) is 2.95. The third kappa shape index (κ3) is 6.08. The van der Waals surface area contributed by atoms with Gasteiger partial charge in [-0.1, -0.05) is 13.8 Å². The van der Waals surface area contributed by atoms with Crippen molar-refractivity contribution in [3.8, 4) is 0 Å². The molecule has 2 N–H and O–H groups in total. The van der Waals surface area contributed by atoms with Crippen LogP contribution in [-0.4, -0.2) is 61.0 Å². The molecule has 0 aliphatic carbocycles. The van der Waals surface area contributed by atoms with Gasteiger partial charge in [-0.25, -0.2) is 0 Å². The van der Waals surface area contributed by atoms with Crippen LogP contribution in [0.15, 0.2) is 0 Å². The van der Waals surface area contributed by atoms with Gasteiger partial charge in [-0.2, -0.15) is 0 Å². The number of hydrogen-bond acceptors (Lipinski definition) is 4. The van der Waals surface area contributed by atoms with Gasteiger partial charge < -0.3 is 20.1 Å². The maximum atomic E-state index is 9.73. The van der Waals surface area contributed by atoms with Gasteiger partial charge in [-0.05, 0) is 52.1 Å². The Morgan fingerprint density at radius 3 is 2.85 bits per heavy atom. The van der Waals surface area contributed by atoms with E-state index in [4.69, 9.17) is 4.74 Å². The fourth-order valence-corrected chi connectivity index (χ4v) is 2.95. The highest BCUT2D eigenvalue weighted by Crippen LogP contribution is 2.18. The molecule has 1 heterocycles. The molecule has 0 aromatic rings. The van der Waals surface area contributed by atoms with Crippen LogP contribution in [0.4, 0.5) is 0 Å². The second-order valence-corrected chi connectivity index (χ2v) is 6.16. The zero-order valence-electron chi connectivity index (χ0n) is 13.7. The molecule has 1 saturated heterocycles. The Hall–Kier alpha value is -0.160. The Bertz CT molecular complexity index is 245. The molecule has 0 radical (unpaired) electrons. The zero-order valence-corrected chi connectivity index (χ0v) is 13.7. The van der Waals surface area contributed by atoms with Crippen molar-refractivity contribution in [2.75, 3.05) is 39.4 Å². The molecule has 0 spiro atoms. The van der Waals surface area contributed by atoms with E-state index in [2.05, 4.69) is 31.0 Å². The molecule has 1 aliphatic rings. The van der Waals surface area contributed by atoms with E-state index < -0.39 is 0 Å². The van der Waals surface area contributed by atoms with Gasteiger partial charge >= 0.3 is 0 Å². The van der Waals surface area contributed by atoms with Crippen molar-refractivity contribution < 1.29 is 9.84 Å². The Labute approximate surface area is 124 Å². The molecule has 120 valence electrons. The van der Waals surface area contributed by atoms with Crippen molar-refractivity contribution in [2.24, 2.45) is 0 Å². The van der Waals surface area contributed by atoms with Crippen LogP contribution in [0, 0.1) is 0 Å². The molecule has 20 heavy (non-hydrogen) atoms. The smallest absolute Gasteiger partial charge is 0.0673 e. The highest BCUT2D eigenvalue weighted by atomic mass is 16.5. The maximum Gasteiger partial charge on any atom is 0.0673 e. The van der Waals surface area contributed by atoms with E-state index in [9.17, 15) is 5.11 Å². The summed E-state index contributed by atoms with van der Waals surface area (Å²) in [5.41, 5.74) is -0.0794. The number of nitrogens with one attached hydrogen (secondary N) is 1. The van der Waals surface area contributed by atoms with E-state index in [-0.39, 0.29) is 12.1 Å². The lowest BCUT2D eigenvalue weighted by Gasteiger charge is -2.33. The lowest BCUT2D eigenvalue weighted by atomic mass is 9.91. The maximum absolute atomic E-state index is 9.73. The average molecular weight is 286 g/mol. The third-order valence-electron chi connectivity index (χ3n) is 4.40. The molecule has 0 amide bonds. The minimum atomic E-state index is -0.0794. The monoisotopic (exact) mass is 286 g/mol. The van der Waals surface area contributed by atoms with Crippen molar-refractivity contribution in [3.05, 3.63) is 0 Å². The normalized spacial score (nSPS) is 24.3. The van der Waals surface area contributed by atoms with Crippen LogP contribution in [0.25, 0.3) is 0 Å². The van der Waals surface area contributed by atoms with Crippen LogP contribution < -0.4 is 5.32 Å². The van der Waals surface area contributed by atoms with Crippen LogP contribution >= 0.6 is 0 Å².